The third-order valence-corrected chi connectivity index (χ3v) is 15.2. The quantitative estimate of drug-likeness (QED) is 0.166. The Balaban J connectivity index is 1.05. The van der Waals surface area contributed by atoms with Crippen LogP contribution < -0.4 is 4.90 Å². The Hall–Kier alpha value is -9.18. The van der Waals surface area contributed by atoms with E-state index in [9.17, 15) is 0 Å². The molecule has 0 saturated heterocycles. The minimum Gasteiger partial charge on any atom is -0.456 e. The van der Waals surface area contributed by atoms with E-state index in [1.165, 1.54) is 77.6 Å². The summed E-state index contributed by atoms with van der Waals surface area (Å²) in [5, 5.41) is 4.75. The first-order chi connectivity index (χ1) is 34.8. The summed E-state index contributed by atoms with van der Waals surface area (Å²) in [6.07, 6.45) is 0. The fraction of sp³-hybridized carbons (Fsp3) is 0.0149. The summed E-state index contributed by atoms with van der Waals surface area (Å²) in [6.45, 7) is 0. The Labute approximate surface area is 405 Å². The van der Waals surface area contributed by atoms with Crippen LogP contribution in [-0.2, 0) is 5.41 Å². The molecule has 2 aromatic heterocycles. The largest absolute Gasteiger partial charge is 0.456 e. The first-order valence-electron chi connectivity index (χ1n) is 24.2. The molecule has 0 bridgehead atoms. The second-order valence-corrected chi connectivity index (χ2v) is 18.7. The molecule has 0 amide bonds. The van der Waals surface area contributed by atoms with E-state index in [2.05, 4.69) is 258 Å². The minimum absolute atomic E-state index is 0.611. The van der Waals surface area contributed by atoms with Crippen LogP contribution >= 0.6 is 0 Å². The van der Waals surface area contributed by atoms with Crippen LogP contribution in [0.2, 0.25) is 0 Å². The lowest BCUT2D eigenvalue weighted by atomic mass is 9.65. The van der Waals surface area contributed by atoms with Gasteiger partial charge in [0.1, 0.15) is 11.2 Å². The van der Waals surface area contributed by atoms with Gasteiger partial charge in [-0.3, -0.25) is 0 Å². The van der Waals surface area contributed by atoms with Gasteiger partial charge in [0, 0.05) is 38.2 Å². The predicted octanol–water partition coefficient (Wildman–Crippen LogP) is 17.8. The number of aromatic nitrogens is 1. The summed E-state index contributed by atoms with van der Waals surface area (Å²) < 4.78 is 8.91. The Morgan fingerprint density at radius 2 is 0.900 bits per heavy atom. The highest BCUT2D eigenvalue weighted by Gasteiger charge is 2.51. The molecule has 13 aromatic rings. The van der Waals surface area contributed by atoms with E-state index >= 15 is 0 Å². The monoisotopic (exact) mass is 890 g/mol. The fourth-order valence-electron chi connectivity index (χ4n) is 12.5. The van der Waals surface area contributed by atoms with E-state index in [0.717, 1.165) is 55.7 Å². The third-order valence-electron chi connectivity index (χ3n) is 15.2. The van der Waals surface area contributed by atoms with E-state index in [1.807, 2.05) is 6.07 Å². The predicted molar refractivity (Wildman–Crippen MR) is 290 cm³/mol. The van der Waals surface area contributed by atoms with Crippen LogP contribution in [0.25, 0.3) is 93.9 Å². The number of furan rings is 1. The third kappa shape index (κ3) is 5.29. The van der Waals surface area contributed by atoms with Gasteiger partial charge in [0.2, 0.25) is 0 Å². The lowest BCUT2D eigenvalue weighted by molar-refractivity contribution is 0.669. The summed E-state index contributed by atoms with van der Waals surface area (Å²) in [4.78, 5) is 2.56. The molecule has 1 unspecified atom stereocenters. The number of nitrogens with zero attached hydrogens (tertiary/aromatic N) is 2. The highest BCUT2D eigenvalue weighted by atomic mass is 16.3. The lowest BCUT2D eigenvalue weighted by Gasteiger charge is -2.39. The number of rotatable bonds is 6. The second-order valence-electron chi connectivity index (χ2n) is 18.7. The van der Waals surface area contributed by atoms with Gasteiger partial charge in [0.15, 0.2) is 0 Å². The molecule has 1 spiro atoms. The molecule has 0 N–H and O–H groups in total. The molecule has 70 heavy (non-hydrogen) atoms. The number of para-hydroxylation sites is 6. The Bertz CT molecular complexity index is 4270. The summed E-state index contributed by atoms with van der Waals surface area (Å²) in [5.74, 6) is 0. The lowest BCUT2D eigenvalue weighted by Crippen LogP contribution is -2.33. The Kier molecular flexibility index (Phi) is 8.28. The van der Waals surface area contributed by atoms with Gasteiger partial charge in [0.25, 0.3) is 0 Å². The van der Waals surface area contributed by atoms with Crippen molar-refractivity contribution < 1.29 is 4.42 Å². The van der Waals surface area contributed by atoms with Crippen molar-refractivity contribution in [3.63, 3.8) is 0 Å². The summed E-state index contributed by atoms with van der Waals surface area (Å²) >= 11 is 0. The standard InChI is InChI=1S/C67H42N2O/c1-2-20-43(21-3-1)45-22-4-5-24-47(45)48-25-8-14-35-59(48)68(58-34-13-7-23-46(58)44-40-41-64-53(42-44)50-27-10-17-39-63(50)70-64)62-38-19-32-56-65(62)52-28-6-11-30-54(52)67(56)55-31-12-16-37-61(55)69-60-36-15-9-26-49(60)51-29-18-33-57(67)66(51)69/h1-42H. The average Bonchev–Trinajstić information content (AvgIpc) is 4.08. The zero-order valence-electron chi connectivity index (χ0n) is 38.1. The molecule has 1 atom stereocenters. The topological polar surface area (TPSA) is 21.3 Å². The number of hydrogen-bond acceptors (Lipinski definition) is 2. The zero-order valence-corrected chi connectivity index (χ0v) is 38.1. The van der Waals surface area contributed by atoms with Crippen molar-refractivity contribution in [2.24, 2.45) is 0 Å². The molecule has 3 heteroatoms. The van der Waals surface area contributed by atoms with Crippen LogP contribution in [0.15, 0.2) is 259 Å². The molecule has 0 saturated carbocycles. The minimum atomic E-state index is -0.611. The number of fused-ring (bicyclic) bond motifs is 15. The number of hydrogen-bond donors (Lipinski definition) is 0. The van der Waals surface area contributed by atoms with Crippen molar-refractivity contribution in [1.82, 2.24) is 4.57 Å². The molecule has 15 rings (SSSR count). The van der Waals surface area contributed by atoms with Gasteiger partial charge in [-0.2, -0.15) is 0 Å². The molecule has 1 aliphatic heterocycles. The van der Waals surface area contributed by atoms with Gasteiger partial charge in [-0.05, 0) is 98.6 Å². The normalized spacial score (nSPS) is 14.3. The molecular weight excluding hydrogens is 849 g/mol. The molecular formula is C67H42N2O. The van der Waals surface area contributed by atoms with E-state index in [4.69, 9.17) is 4.42 Å². The molecule has 3 nitrogen and oxygen atoms in total. The average molecular weight is 891 g/mol. The van der Waals surface area contributed by atoms with Gasteiger partial charge in [-0.1, -0.05) is 206 Å². The number of benzene rings is 11. The summed E-state index contributed by atoms with van der Waals surface area (Å²) in [6, 6.07) is 93.8. The van der Waals surface area contributed by atoms with Crippen LogP contribution in [0.3, 0.4) is 0 Å². The molecule has 0 radical (unpaired) electrons. The van der Waals surface area contributed by atoms with Gasteiger partial charge in [-0.25, -0.2) is 0 Å². The molecule has 2 aliphatic rings. The summed E-state index contributed by atoms with van der Waals surface area (Å²) in [7, 11) is 0. The SMILES string of the molecule is c1ccc(-c2ccccc2-c2ccccc2N(c2ccccc2-c2ccc3oc4ccccc4c3c2)c2cccc3c2-c2ccccc2C32c3ccccc3-n3c4ccccc4c4cccc2c43)cc1. The number of anilines is 3. The van der Waals surface area contributed by atoms with Crippen molar-refractivity contribution in [2.45, 2.75) is 5.41 Å². The second kappa shape index (κ2) is 14.9. The van der Waals surface area contributed by atoms with Gasteiger partial charge in [0.05, 0.1) is 39.2 Å². The van der Waals surface area contributed by atoms with Crippen molar-refractivity contribution in [3.05, 3.63) is 277 Å². The van der Waals surface area contributed by atoms with E-state index in [0.29, 0.717) is 0 Å². The highest BCUT2D eigenvalue weighted by Crippen LogP contribution is 2.64. The van der Waals surface area contributed by atoms with Crippen molar-refractivity contribution in [3.8, 4) is 50.2 Å². The van der Waals surface area contributed by atoms with Crippen LogP contribution in [0, 0.1) is 0 Å². The first kappa shape index (κ1) is 38.9. The van der Waals surface area contributed by atoms with Crippen LogP contribution in [0.1, 0.15) is 22.3 Å². The van der Waals surface area contributed by atoms with E-state index < -0.39 is 5.41 Å². The van der Waals surface area contributed by atoms with Crippen molar-refractivity contribution in [2.75, 3.05) is 4.90 Å². The molecule has 1 aliphatic carbocycles. The molecule has 0 fully saturated rings. The van der Waals surface area contributed by atoms with Crippen LogP contribution in [0.5, 0.6) is 0 Å². The van der Waals surface area contributed by atoms with E-state index in [1.54, 1.807) is 0 Å². The van der Waals surface area contributed by atoms with Crippen molar-refractivity contribution in [1.29, 1.82) is 0 Å². The maximum atomic E-state index is 6.38. The Morgan fingerprint density at radius 1 is 0.329 bits per heavy atom. The van der Waals surface area contributed by atoms with Gasteiger partial charge in [-0.15, -0.1) is 0 Å². The highest BCUT2D eigenvalue weighted by molar-refractivity contribution is 6.14. The van der Waals surface area contributed by atoms with E-state index in [-0.39, 0.29) is 0 Å². The van der Waals surface area contributed by atoms with Crippen LogP contribution in [0.4, 0.5) is 17.1 Å². The first-order valence-corrected chi connectivity index (χ1v) is 24.2. The fourth-order valence-corrected chi connectivity index (χ4v) is 12.5. The van der Waals surface area contributed by atoms with Gasteiger partial charge < -0.3 is 13.9 Å². The van der Waals surface area contributed by atoms with Crippen molar-refractivity contribution >= 4 is 60.8 Å². The maximum absolute atomic E-state index is 6.38. The molecule has 326 valence electrons. The molecule has 3 heterocycles. The molecule has 11 aromatic carbocycles. The van der Waals surface area contributed by atoms with Crippen LogP contribution in [-0.4, -0.2) is 4.57 Å². The smallest absolute Gasteiger partial charge is 0.135 e. The van der Waals surface area contributed by atoms with Gasteiger partial charge >= 0.3 is 0 Å². The maximum Gasteiger partial charge on any atom is 0.135 e. The summed E-state index contributed by atoms with van der Waals surface area (Å²) in [5.41, 5.74) is 22.7. The zero-order chi connectivity index (χ0) is 45.9. The Morgan fingerprint density at radius 3 is 1.76 bits per heavy atom.